The van der Waals surface area contributed by atoms with Crippen LogP contribution in [0.1, 0.15) is 106 Å². The molecule has 2 amide bonds. The maximum absolute atomic E-state index is 14.2. The summed E-state index contributed by atoms with van der Waals surface area (Å²) in [5, 5.41) is 0. The van der Waals surface area contributed by atoms with E-state index in [4.69, 9.17) is 4.74 Å². The van der Waals surface area contributed by atoms with Crippen molar-refractivity contribution in [1.82, 2.24) is 9.80 Å². The molecule has 1 saturated heterocycles. The van der Waals surface area contributed by atoms with Gasteiger partial charge in [0.25, 0.3) is 5.91 Å². The highest BCUT2D eigenvalue weighted by molar-refractivity contribution is 5.96. The second kappa shape index (κ2) is 12.1. The number of carbonyl (C=O) groups excluding carboxylic acids is 2. The van der Waals surface area contributed by atoms with E-state index in [0.717, 1.165) is 62.7 Å². The maximum atomic E-state index is 14.2. The van der Waals surface area contributed by atoms with Crippen LogP contribution in [0.2, 0.25) is 0 Å². The van der Waals surface area contributed by atoms with Crippen molar-refractivity contribution in [1.29, 1.82) is 0 Å². The topological polar surface area (TPSA) is 49.9 Å². The monoisotopic (exact) mass is 502 g/mol. The Kier molecular flexibility index (Phi) is 8.48. The summed E-state index contributed by atoms with van der Waals surface area (Å²) in [6, 6.07) is 15.9. The van der Waals surface area contributed by atoms with Crippen LogP contribution in [0.5, 0.6) is 5.75 Å². The first kappa shape index (κ1) is 25.8. The molecule has 0 spiro atoms. The molecule has 2 aliphatic carbocycles. The molecule has 0 aromatic heterocycles. The Morgan fingerprint density at radius 3 is 2.43 bits per heavy atom. The van der Waals surface area contributed by atoms with Crippen molar-refractivity contribution in [2.24, 2.45) is 0 Å². The molecule has 2 fully saturated rings. The number of nitrogens with zero attached hydrogens (tertiary/aromatic N) is 2. The van der Waals surface area contributed by atoms with Gasteiger partial charge in [0.2, 0.25) is 5.91 Å². The standard InChI is InChI=1S/C32H42N2O3/c1-2-3-4-10-22-37-27-20-18-25(19-21-27)31-32(36)33(26-14-6-5-7-15-26)23-30(35)34(31)29-17-11-13-24-12-8-9-16-28(24)29/h8-9,12,16,18-21,26,29,31H,2-7,10-11,13-15,17,22-23H2,1H3/t29-,31+/m1/s1. The third-order valence-electron chi connectivity index (χ3n) is 8.54. The SMILES string of the molecule is CCCCCCOc1ccc([C@H]2C(=O)N(C3CCCCC3)CC(=O)N2[C@@H]2CCCc3ccccc32)cc1. The van der Waals surface area contributed by atoms with Gasteiger partial charge in [-0.1, -0.05) is 81.8 Å². The van der Waals surface area contributed by atoms with Gasteiger partial charge in [0.05, 0.1) is 12.6 Å². The fourth-order valence-electron chi connectivity index (χ4n) is 6.57. The molecule has 5 rings (SSSR count). The lowest BCUT2D eigenvalue weighted by atomic mass is 9.84. The highest BCUT2D eigenvalue weighted by Gasteiger charge is 2.46. The fraction of sp³-hybridized carbons (Fsp3) is 0.562. The Balaban J connectivity index is 1.43. The molecule has 0 bridgehead atoms. The number of aryl methyl sites for hydroxylation is 1. The molecule has 2 atom stereocenters. The van der Waals surface area contributed by atoms with Gasteiger partial charge in [0.1, 0.15) is 18.3 Å². The molecule has 2 aromatic rings. The van der Waals surface area contributed by atoms with Gasteiger partial charge >= 0.3 is 0 Å². The first-order valence-corrected chi connectivity index (χ1v) is 14.6. The quantitative estimate of drug-likeness (QED) is 0.356. The summed E-state index contributed by atoms with van der Waals surface area (Å²) in [5.41, 5.74) is 3.40. The van der Waals surface area contributed by atoms with Crippen LogP contribution in [0.25, 0.3) is 0 Å². The zero-order valence-electron chi connectivity index (χ0n) is 22.4. The smallest absolute Gasteiger partial charge is 0.250 e. The van der Waals surface area contributed by atoms with Crippen molar-refractivity contribution in [2.45, 2.75) is 102 Å². The van der Waals surface area contributed by atoms with E-state index in [2.05, 4.69) is 31.2 Å². The highest BCUT2D eigenvalue weighted by Crippen LogP contribution is 2.42. The second-order valence-corrected chi connectivity index (χ2v) is 11.0. The lowest BCUT2D eigenvalue weighted by molar-refractivity contribution is -0.162. The molecule has 5 heteroatoms. The summed E-state index contributed by atoms with van der Waals surface area (Å²) < 4.78 is 5.97. The summed E-state index contributed by atoms with van der Waals surface area (Å²) >= 11 is 0. The Morgan fingerprint density at radius 1 is 0.865 bits per heavy atom. The molecule has 37 heavy (non-hydrogen) atoms. The third kappa shape index (κ3) is 5.71. The Hall–Kier alpha value is -2.82. The Labute approximate surface area is 222 Å². The molecule has 0 unspecified atom stereocenters. The minimum absolute atomic E-state index is 0.0607. The fourth-order valence-corrected chi connectivity index (χ4v) is 6.57. The largest absolute Gasteiger partial charge is 0.494 e. The van der Waals surface area contributed by atoms with Crippen LogP contribution in [0.15, 0.2) is 48.5 Å². The van der Waals surface area contributed by atoms with Crippen LogP contribution in [0, 0.1) is 0 Å². The van der Waals surface area contributed by atoms with Crippen molar-refractivity contribution < 1.29 is 14.3 Å². The first-order chi connectivity index (χ1) is 18.2. The molecule has 198 valence electrons. The number of piperazine rings is 1. The van der Waals surface area contributed by atoms with Gasteiger partial charge in [0, 0.05) is 6.04 Å². The van der Waals surface area contributed by atoms with Crippen molar-refractivity contribution in [3.8, 4) is 5.75 Å². The summed E-state index contributed by atoms with van der Waals surface area (Å²) in [6.45, 7) is 3.12. The first-order valence-electron chi connectivity index (χ1n) is 14.6. The van der Waals surface area contributed by atoms with E-state index in [0.29, 0.717) is 6.61 Å². The average molecular weight is 503 g/mol. The van der Waals surface area contributed by atoms with Crippen LogP contribution in [-0.4, -0.2) is 40.8 Å². The number of unbranched alkanes of at least 4 members (excludes halogenated alkanes) is 3. The number of fused-ring (bicyclic) bond motifs is 1. The Morgan fingerprint density at radius 2 is 1.65 bits per heavy atom. The maximum Gasteiger partial charge on any atom is 0.250 e. The van der Waals surface area contributed by atoms with Crippen molar-refractivity contribution in [2.75, 3.05) is 13.2 Å². The number of hydrogen-bond acceptors (Lipinski definition) is 3. The van der Waals surface area contributed by atoms with Gasteiger partial charge in [-0.3, -0.25) is 9.59 Å². The van der Waals surface area contributed by atoms with Crippen LogP contribution in [-0.2, 0) is 16.0 Å². The van der Waals surface area contributed by atoms with E-state index in [9.17, 15) is 9.59 Å². The normalized spacial score (nSPS) is 22.7. The van der Waals surface area contributed by atoms with Gasteiger partial charge in [-0.15, -0.1) is 0 Å². The zero-order chi connectivity index (χ0) is 25.6. The van der Waals surface area contributed by atoms with Crippen LogP contribution >= 0.6 is 0 Å². The third-order valence-corrected chi connectivity index (χ3v) is 8.54. The Bertz CT molecular complexity index is 1060. The van der Waals surface area contributed by atoms with Crippen molar-refractivity contribution in [3.05, 3.63) is 65.2 Å². The summed E-state index contributed by atoms with van der Waals surface area (Å²) in [5.74, 6) is 0.990. The molecular weight excluding hydrogens is 460 g/mol. The lowest BCUT2D eigenvalue weighted by Crippen LogP contribution is -2.59. The number of amides is 2. The van der Waals surface area contributed by atoms with Gasteiger partial charge in [-0.2, -0.15) is 0 Å². The number of hydrogen-bond donors (Lipinski definition) is 0. The van der Waals surface area contributed by atoms with E-state index in [-0.39, 0.29) is 30.4 Å². The molecule has 1 aliphatic heterocycles. The molecule has 1 heterocycles. The predicted molar refractivity (Wildman–Crippen MR) is 146 cm³/mol. The van der Waals surface area contributed by atoms with E-state index < -0.39 is 6.04 Å². The molecule has 3 aliphatic rings. The van der Waals surface area contributed by atoms with Crippen molar-refractivity contribution in [3.63, 3.8) is 0 Å². The summed E-state index contributed by atoms with van der Waals surface area (Å²) in [7, 11) is 0. The molecule has 1 saturated carbocycles. The minimum atomic E-state index is -0.585. The molecule has 5 nitrogen and oxygen atoms in total. The molecule has 2 aromatic carbocycles. The number of benzene rings is 2. The zero-order valence-corrected chi connectivity index (χ0v) is 22.4. The van der Waals surface area contributed by atoms with Crippen molar-refractivity contribution >= 4 is 11.8 Å². The van der Waals surface area contributed by atoms with E-state index in [1.165, 1.54) is 36.8 Å². The second-order valence-electron chi connectivity index (χ2n) is 11.0. The average Bonchev–Trinajstić information content (AvgIpc) is 2.94. The predicted octanol–water partition coefficient (Wildman–Crippen LogP) is 6.77. The van der Waals surface area contributed by atoms with Gasteiger partial charge in [0.15, 0.2) is 0 Å². The van der Waals surface area contributed by atoms with Gasteiger partial charge in [-0.25, -0.2) is 0 Å². The highest BCUT2D eigenvalue weighted by atomic mass is 16.5. The van der Waals surface area contributed by atoms with E-state index in [1.54, 1.807) is 0 Å². The number of ether oxygens (including phenoxy) is 1. The minimum Gasteiger partial charge on any atom is -0.494 e. The van der Waals surface area contributed by atoms with E-state index >= 15 is 0 Å². The number of carbonyl (C=O) groups is 2. The van der Waals surface area contributed by atoms with Gasteiger partial charge < -0.3 is 14.5 Å². The van der Waals surface area contributed by atoms with Crippen LogP contribution < -0.4 is 4.74 Å². The number of rotatable bonds is 9. The van der Waals surface area contributed by atoms with Crippen LogP contribution in [0.4, 0.5) is 0 Å². The summed E-state index contributed by atoms with van der Waals surface area (Å²) in [4.78, 5) is 31.9. The van der Waals surface area contributed by atoms with E-state index in [1.807, 2.05) is 34.1 Å². The molecule has 0 radical (unpaired) electrons. The van der Waals surface area contributed by atoms with Gasteiger partial charge in [-0.05, 0) is 67.3 Å². The lowest BCUT2D eigenvalue weighted by Gasteiger charge is -2.48. The summed E-state index contributed by atoms with van der Waals surface area (Å²) in [6.07, 6.45) is 13.1. The van der Waals surface area contributed by atoms with Crippen LogP contribution in [0.3, 0.4) is 0 Å². The molecule has 0 N–H and O–H groups in total. The molecular formula is C32H42N2O3.